The van der Waals surface area contributed by atoms with E-state index in [1.54, 1.807) is 0 Å². The van der Waals surface area contributed by atoms with Crippen molar-refractivity contribution in [1.82, 2.24) is 0 Å². The molecule has 1 unspecified atom stereocenters. The van der Waals surface area contributed by atoms with E-state index in [1.165, 1.54) is 0 Å². The molecule has 18 heavy (non-hydrogen) atoms. The predicted octanol–water partition coefficient (Wildman–Crippen LogP) is 5.17. The molecule has 1 nitrogen and oxygen atoms in total. The average molecular weight is 278 g/mol. The molecular weight excluding hydrogens is 265 g/mol. The molecule has 0 fully saturated rings. The van der Waals surface area contributed by atoms with Gasteiger partial charge in [-0.1, -0.05) is 59.6 Å². The molecule has 0 radical (unpaired) electrons. The molecule has 0 saturated carbocycles. The zero-order chi connectivity index (χ0) is 13.0. The molecule has 0 N–H and O–H groups in total. The zero-order valence-electron chi connectivity index (χ0n) is 9.98. The van der Waals surface area contributed by atoms with Crippen LogP contribution in [0.1, 0.15) is 24.1 Å². The van der Waals surface area contributed by atoms with Gasteiger partial charge in [0.1, 0.15) is 0 Å². The summed E-state index contributed by atoms with van der Waals surface area (Å²) >= 11 is 12.3. The SMILES string of the molecule is CC(N=Cc1ccccc1)c1c(Cl)cccc1Cl. The molecule has 0 saturated heterocycles. The van der Waals surface area contributed by atoms with Crippen molar-refractivity contribution in [3.8, 4) is 0 Å². The molecule has 2 aromatic rings. The summed E-state index contributed by atoms with van der Waals surface area (Å²) in [5.41, 5.74) is 1.93. The molecule has 92 valence electrons. The minimum Gasteiger partial charge on any atom is -0.285 e. The van der Waals surface area contributed by atoms with E-state index in [0.29, 0.717) is 10.0 Å². The first-order valence-electron chi connectivity index (χ1n) is 5.70. The Hall–Kier alpha value is -1.31. The smallest absolute Gasteiger partial charge is 0.0750 e. The minimum atomic E-state index is -0.0635. The maximum atomic E-state index is 6.15. The predicted molar refractivity (Wildman–Crippen MR) is 78.9 cm³/mol. The van der Waals surface area contributed by atoms with E-state index in [2.05, 4.69) is 4.99 Å². The molecule has 0 aliphatic carbocycles. The normalized spacial score (nSPS) is 12.8. The van der Waals surface area contributed by atoms with E-state index >= 15 is 0 Å². The van der Waals surface area contributed by atoms with Crippen LogP contribution in [0.4, 0.5) is 0 Å². The molecule has 0 spiro atoms. The first-order chi connectivity index (χ1) is 8.68. The quantitative estimate of drug-likeness (QED) is 0.686. The van der Waals surface area contributed by atoms with Gasteiger partial charge in [0.05, 0.1) is 6.04 Å². The molecule has 0 aliphatic rings. The van der Waals surface area contributed by atoms with Gasteiger partial charge in [0.2, 0.25) is 0 Å². The monoisotopic (exact) mass is 277 g/mol. The molecule has 0 bridgehead atoms. The van der Waals surface area contributed by atoms with E-state index in [-0.39, 0.29) is 6.04 Å². The van der Waals surface area contributed by atoms with Crippen LogP contribution < -0.4 is 0 Å². The molecule has 2 aromatic carbocycles. The topological polar surface area (TPSA) is 12.4 Å². The van der Waals surface area contributed by atoms with Crippen LogP contribution in [0.2, 0.25) is 10.0 Å². The fraction of sp³-hybridized carbons (Fsp3) is 0.133. The van der Waals surface area contributed by atoms with E-state index in [4.69, 9.17) is 23.2 Å². The summed E-state index contributed by atoms with van der Waals surface area (Å²) in [6, 6.07) is 15.4. The van der Waals surface area contributed by atoms with Crippen LogP contribution in [-0.2, 0) is 0 Å². The number of benzene rings is 2. The van der Waals surface area contributed by atoms with Gasteiger partial charge in [-0.15, -0.1) is 0 Å². The minimum absolute atomic E-state index is 0.0635. The summed E-state index contributed by atoms with van der Waals surface area (Å²) in [7, 11) is 0. The van der Waals surface area contributed by atoms with Gasteiger partial charge < -0.3 is 0 Å². The summed E-state index contributed by atoms with van der Waals surface area (Å²) in [5.74, 6) is 0. The highest BCUT2D eigenvalue weighted by Gasteiger charge is 2.11. The lowest BCUT2D eigenvalue weighted by Gasteiger charge is -2.10. The number of hydrogen-bond acceptors (Lipinski definition) is 1. The third-order valence-corrected chi connectivity index (χ3v) is 3.32. The van der Waals surface area contributed by atoms with Gasteiger partial charge in [-0.2, -0.15) is 0 Å². The molecule has 0 amide bonds. The van der Waals surface area contributed by atoms with E-state index in [1.807, 2.05) is 61.7 Å². The number of hydrogen-bond donors (Lipinski definition) is 0. The molecule has 0 aromatic heterocycles. The van der Waals surface area contributed by atoms with Gasteiger partial charge >= 0.3 is 0 Å². The van der Waals surface area contributed by atoms with Crippen LogP contribution >= 0.6 is 23.2 Å². The largest absolute Gasteiger partial charge is 0.285 e. The van der Waals surface area contributed by atoms with Crippen LogP contribution in [0.5, 0.6) is 0 Å². The van der Waals surface area contributed by atoms with Crippen molar-refractivity contribution >= 4 is 29.4 Å². The second-order valence-electron chi connectivity index (χ2n) is 4.00. The second-order valence-corrected chi connectivity index (χ2v) is 4.81. The summed E-state index contributed by atoms with van der Waals surface area (Å²) in [4.78, 5) is 4.49. The Bertz CT molecular complexity index is 529. The number of nitrogens with zero attached hydrogens (tertiary/aromatic N) is 1. The maximum Gasteiger partial charge on any atom is 0.0750 e. The Labute approximate surface area is 117 Å². The summed E-state index contributed by atoms with van der Waals surface area (Å²) in [5, 5.41) is 1.31. The Kier molecular flexibility index (Phi) is 4.40. The van der Waals surface area contributed by atoms with Crippen LogP contribution in [0, 0.1) is 0 Å². The van der Waals surface area contributed by atoms with E-state index in [9.17, 15) is 0 Å². The van der Waals surface area contributed by atoms with E-state index < -0.39 is 0 Å². The fourth-order valence-electron chi connectivity index (χ4n) is 1.72. The highest BCUT2D eigenvalue weighted by molar-refractivity contribution is 6.36. The summed E-state index contributed by atoms with van der Waals surface area (Å²) < 4.78 is 0. The Morgan fingerprint density at radius 2 is 1.56 bits per heavy atom. The molecule has 2 rings (SSSR count). The van der Waals surface area contributed by atoms with Crippen molar-refractivity contribution in [1.29, 1.82) is 0 Å². The zero-order valence-corrected chi connectivity index (χ0v) is 11.5. The highest BCUT2D eigenvalue weighted by atomic mass is 35.5. The number of aliphatic imine (C=N–C) groups is 1. The maximum absolute atomic E-state index is 6.15. The van der Waals surface area contributed by atoms with Gasteiger partial charge in [0.25, 0.3) is 0 Å². The first kappa shape index (κ1) is 13.1. The van der Waals surface area contributed by atoms with Crippen molar-refractivity contribution in [3.63, 3.8) is 0 Å². The Morgan fingerprint density at radius 3 is 2.17 bits per heavy atom. The fourth-order valence-corrected chi connectivity index (χ4v) is 2.43. The van der Waals surface area contributed by atoms with Crippen LogP contribution in [0.15, 0.2) is 53.5 Å². The standard InChI is InChI=1S/C15H13Cl2N/c1-11(15-13(16)8-5-9-14(15)17)18-10-12-6-3-2-4-7-12/h2-11H,1H3. The second kappa shape index (κ2) is 6.03. The van der Waals surface area contributed by atoms with Gasteiger partial charge in [-0.05, 0) is 24.6 Å². The Morgan fingerprint density at radius 1 is 0.944 bits per heavy atom. The lowest BCUT2D eigenvalue weighted by atomic mass is 10.1. The summed E-state index contributed by atoms with van der Waals surface area (Å²) in [6.07, 6.45) is 1.84. The lowest BCUT2D eigenvalue weighted by molar-refractivity contribution is 0.826. The lowest BCUT2D eigenvalue weighted by Crippen LogP contribution is -1.94. The average Bonchev–Trinajstić information content (AvgIpc) is 2.37. The number of halogens is 2. The van der Waals surface area contributed by atoms with Crippen LogP contribution in [-0.4, -0.2) is 6.21 Å². The molecule has 1 atom stereocenters. The van der Waals surface area contributed by atoms with Crippen molar-refractivity contribution < 1.29 is 0 Å². The molecular formula is C15H13Cl2N. The number of rotatable bonds is 3. The van der Waals surface area contributed by atoms with Crippen LogP contribution in [0.3, 0.4) is 0 Å². The van der Waals surface area contributed by atoms with Crippen molar-refractivity contribution in [3.05, 3.63) is 69.7 Å². The third kappa shape index (κ3) is 3.12. The van der Waals surface area contributed by atoms with Gasteiger partial charge in [0, 0.05) is 21.8 Å². The van der Waals surface area contributed by atoms with Gasteiger partial charge in [-0.25, -0.2) is 0 Å². The van der Waals surface area contributed by atoms with Crippen LogP contribution in [0.25, 0.3) is 0 Å². The molecule has 0 aliphatic heterocycles. The Balaban J connectivity index is 2.22. The first-order valence-corrected chi connectivity index (χ1v) is 6.46. The van der Waals surface area contributed by atoms with Crippen molar-refractivity contribution in [2.45, 2.75) is 13.0 Å². The molecule has 0 heterocycles. The third-order valence-electron chi connectivity index (χ3n) is 2.66. The van der Waals surface area contributed by atoms with Crippen molar-refractivity contribution in [2.24, 2.45) is 4.99 Å². The molecule has 3 heteroatoms. The van der Waals surface area contributed by atoms with Crippen molar-refractivity contribution in [2.75, 3.05) is 0 Å². The van der Waals surface area contributed by atoms with Gasteiger partial charge in [0.15, 0.2) is 0 Å². The van der Waals surface area contributed by atoms with E-state index in [0.717, 1.165) is 11.1 Å². The van der Waals surface area contributed by atoms with Gasteiger partial charge in [-0.3, -0.25) is 4.99 Å². The highest BCUT2D eigenvalue weighted by Crippen LogP contribution is 2.31. The summed E-state index contributed by atoms with van der Waals surface area (Å²) in [6.45, 7) is 1.98.